The van der Waals surface area contributed by atoms with Crippen LogP contribution in [-0.2, 0) is 21.2 Å². The summed E-state index contributed by atoms with van der Waals surface area (Å²) in [5.41, 5.74) is 2.06. The third-order valence-corrected chi connectivity index (χ3v) is 8.12. The van der Waals surface area contributed by atoms with Crippen LogP contribution >= 0.6 is 0 Å². The van der Waals surface area contributed by atoms with Gasteiger partial charge in [0.05, 0.1) is 10.6 Å². The number of amides is 1. The molecule has 3 aromatic carbocycles. The molecule has 1 aliphatic heterocycles. The lowest BCUT2D eigenvalue weighted by molar-refractivity contribution is -0.130. The van der Waals surface area contributed by atoms with E-state index in [2.05, 4.69) is 12.1 Å². The van der Waals surface area contributed by atoms with E-state index >= 15 is 0 Å². The maximum absolute atomic E-state index is 14.7. The van der Waals surface area contributed by atoms with Crippen molar-refractivity contribution in [3.63, 3.8) is 0 Å². The van der Waals surface area contributed by atoms with Crippen molar-refractivity contribution in [3.8, 4) is 0 Å². The maximum atomic E-state index is 14.7. The van der Waals surface area contributed by atoms with Gasteiger partial charge in [0.25, 0.3) is 10.0 Å². The Hall–Kier alpha value is -3.19. The molecule has 0 unspecified atom stereocenters. The predicted molar refractivity (Wildman–Crippen MR) is 132 cm³/mol. The number of para-hydroxylation sites is 1. The molecule has 4 rings (SSSR count). The van der Waals surface area contributed by atoms with Gasteiger partial charge in [-0.15, -0.1) is 0 Å². The molecule has 0 saturated carbocycles. The summed E-state index contributed by atoms with van der Waals surface area (Å²) in [6.45, 7) is 2.54. The zero-order chi connectivity index (χ0) is 24.1. The van der Waals surface area contributed by atoms with Crippen LogP contribution in [0.5, 0.6) is 0 Å². The third-order valence-electron chi connectivity index (χ3n) is 6.34. The number of piperidine rings is 1. The van der Waals surface area contributed by atoms with Gasteiger partial charge in [0.15, 0.2) is 0 Å². The summed E-state index contributed by atoms with van der Waals surface area (Å²) in [6.07, 6.45) is 2.67. The second kappa shape index (κ2) is 10.4. The van der Waals surface area contributed by atoms with Crippen LogP contribution in [0.15, 0.2) is 83.8 Å². The van der Waals surface area contributed by atoms with Crippen LogP contribution in [0.2, 0.25) is 0 Å². The lowest BCUT2D eigenvalue weighted by Gasteiger charge is -2.34. The van der Waals surface area contributed by atoms with E-state index in [0.717, 1.165) is 29.1 Å². The number of sulfonamides is 1. The van der Waals surface area contributed by atoms with Gasteiger partial charge in [0.2, 0.25) is 5.91 Å². The average Bonchev–Trinajstić information content (AvgIpc) is 2.84. The first-order chi connectivity index (χ1) is 16.3. The number of hydrogen-bond donors (Lipinski definition) is 0. The first-order valence-electron chi connectivity index (χ1n) is 11.5. The average molecular weight is 481 g/mol. The standard InChI is InChI=1S/C27H29FN2O3S/c1-21-11-13-24(14-12-21)34(32,33)30(26-10-6-5-9-25(26)28)20-27(31)29-17-15-23(16-18-29)19-22-7-3-2-4-8-22/h2-14,23H,15-20H2,1H3. The fraction of sp³-hybridized carbons (Fsp3) is 0.296. The summed E-state index contributed by atoms with van der Waals surface area (Å²) >= 11 is 0. The Morgan fingerprint density at radius 3 is 2.21 bits per heavy atom. The fourth-order valence-electron chi connectivity index (χ4n) is 4.35. The van der Waals surface area contributed by atoms with Crippen LogP contribution in [0.4, 0.5) is 10.1 Å². The molecule has 0 aliphatic carbocycles. The molecule has 34 heavy (non-hydrogen) atoms. The Labute approximate surface area is 200 Å². The van der Waals surface area contributed by atoms with Gasteiger partial charge in [-0.05, 0) is 61.9 Å². The van der Waals surface area contributed by atoms with Crippen LogP contribution in [0.25, 0.3) is 0 Å². The number of carbonyl (C=O) groups excluding carboxylic acids is 1. The number of hydrogen-bond acceptors (Lipinski definition) is 3. The Morgan fingerprint density at radius 2 is 1.56 bits per heavy atom. The van der Waals surface area contributed by atoms with Crippen molar-refractivity contribution in [3.05, 3.63) is 95.8 Å². The topological polar surface area (TPSA) is 57.7 Å². The van der Waals surface area contributed by atoms with Gasteiger partial charge in [-0.3, -0.25) is 9.10 Å². The van der Waals surface area contributed by atoms with Crippen LogP contribution in [0, 0.1) is 18.7 Å². The van der Waals surface area contributed by atoms with E-state index in [9.17, 15) is 17.6 Å². The Bertz CT molecular complexity index is 1220. The van der Waals surface area contributed by atoms with Crippen molar-refractivity contribution < 1.29 is 17.6 Å². The van der Waals surface area contributed by atoms with E-state index in [0.29, 0.717) is 19.0 Å². The van der Waals surface area contributed by atoms with Crippen LogP contribution in [-0.4, -0.2) is 38.9 Å². The molecule has 1 saturated heterocycles. The highest BCUT2D eigenvalue weighted by atomic mass is 32.2. The second-order valence-corrected chi connectivity index (χ2v) is 10.7. The second-order valence-electron chi connectivity index (χ2n) is 8.79. The van der Waals surface area contributed by atoms with Crippen molar-refractivity contribution in [2.24, 2.45) is 5.92 Å². The number of aryl methyl sites for hydroxylation is 1. The lowest BCUT2D eigenvalue weighted by atomic mass is 9.90. The van der Waals surface area contributed by atoms with E-state index in [1.165, 1.54) is 35.9 Å². The molecule has 0 bridgehead atoms. The number of nitrogens with zero attached hydrogens (tertiary/aromatic N) is 2. The number of likely N-dealkylation sites (tertiary alicyclic amines) is 1. The zero-order valence-electron chi connectivity index (χ0n) is 19.2. The number of benzene rings is 3. The van der Waals surface area contributed by atoms with Gasteiger partial charge in [0, 0.05) is 13.1 Å². The minimum absolute atomic E-state index is 0.0238. The maximum Gasteiger partial charge on any atom is 0.264 e. The van der Waals surface area contributed by atoms with Crippen molar-refractivity contribution in [2.75, 3.05) is 23.9 Å². The predicted octanol–water partition coefficient (Wildman–Crippen LogP) is 4.81. The molecule has 0 aromatic heterocycles. The highest BCUT2D eigenvalue weighted by Crippen LogP contribution is 2.28. The summed E-state index contributed by atoms with van der Waals surface area (Å²) < 4.78 is 42.5. The Kier molecular flexibility index (Phi) is 7.32. The van der Waals surface area contributed by atoms with Crippen LogP contribution in [0.3, 0.4) is 0 Å². The first-order valence-corrected chi connectivity index (χ1v) is 12.9. The van der Waals surface area contributed by atoms with Gasteiger partial charge in [0.1, 0.15) is 12.4 Å². The Balaban J connectivity index is 1.50. The molecule has 0 radical (unpaired) electrons. The number of rotatable bonds is 7. The summed E-state index contributed by atoms with van der Waals surface area (Å²) in [4.78, 5) is 14.9. The van der Waals surface area contributed by atoms with E-state index < -0.39 is 22.4 Å². The summed E-state index contributed by atoms with van der Waals surface area (Å²) in [5.74, 6) is -0.532. The largest absolute Gasteiger partial charge is 0.341 e. The van der Waals surface area contributed by atoms with Gasteiger partial charge >= 0.3 is 0 Å². The fourth-order valence-corrected chi connectivity index (χ4v) is 5.77. The molecule has 1 heterocycles. The molecule has 3 aromatic rings. The SMILES string of the molecule is Cc1ccc(S(=O)(=O)N(CC(=O)N2CCC(Cc3ccccc3)CC2)c2ccccc2F)cc1. The van der Waals surface area contributed by atoms with Gasteiger partial charge in [-0.25, -0.2) is 12.8 Å². The summed E-state index contributed by atoms with van der Waals surface area (Å²) in [6, 6.07) is 22.3. The molecule has 1 aliphatic rings. The molecule has 0 atom stereocenters. The normalized spacial score (nSPS) is 14.7. The number of carbonyl (C=O) groups is 1. The minimum Gasteiger partial charge on any atom is -0.341 e. The van der Waals surface area contributed by atoms with Gasteiger partial charge in [-0.1, -0.05) is 60.2 Å². The molecular formula is C27H29FN2O3S. The lowest BCUT2D eigenvalue weighted by Crippen LogP contribution is -2.46. The summed E-state index contributed by atoms with van der Waals surface area (Å²) in [7, 11) is -4.13. The highest BCUT2D eigenvalue weighted by Gasteiger charge is 2.32. The molecule has 0 N–H and O–H groups in total. The summed E-state index contributed by atoms with van der Waals surface area (Å²) in [5, 5.41) is 0. The third kappa shape index (κ3) is 5.47. The molecule has 1 fully saturated rings. The molecule has 178 valence electrons. The van der Waals surface area contributed by atoms with Crippen molar-refractivity contribution in [1.29, 1.82) is 0 Å². The van der Waals surface area contributed by atoms with E-state index in [1.54, 1.807) is 23.1 Å². The van der Waals surface area contributed by atoms with Crippen molar-refractivity contribution in [1.82, 2.24) is 4.90 Å². The van der Waals surface area contributed by atoms with Crippen molar-refractivity contribution >= 4 is 21.6 Å². The van der Waals surface area contributed by atoms with Crippen LogP contribution < -0.4 is 4.31 Å². The van der Waals surface area contributed by atoms with E-state index in [-0.39, 0.29) is 16.5 Å². The van der Waals surface area contributed by atoms with Gasteiger partial charge < -0.3 is 4.90 Å². The molecular weight excluding hydrogens is 451 g/mol. The molecule has 5 nitrogen and oxygen atoms in total. The molecule has 7 heteroatoms. The zero-order valence-corrected chi connectivity index (χ0v) is 20.0. The van der Waals surface area contributed by atoms with Gasteiger partial charge in [-0.2, -0.15) is 0 Å². The highest BCUT2D eigenvalue weighted by molar-refractivity contribution is 7.92. The smallest absolute Gasteiger partial charge is 0.264 e. The van der Waals surface area contributed by atoms with E-state index in [4.69, 9.17) is 0 Å². The number of halogens is 1. The van der Waals surface area contributed by atoms with Crippen LogP contribution in [0.1, 0.15) is 24.0 Å². The van der Waals surface area contributed by atoms with Crippen molar-refractivity contribution in [2.45, 2.75) is 31.1 Å². The molecule has 0 spiro atoms. The Morgan fingerprint density at radius 1 is 0.941 bits per heavy atom. The number of anilines is 1. The quantitative estimate of drug-likeness (QED) is 0.488. The van der Waals surface area contributed by atoms with E-state index in [1.807, 2.05) is 25.1 Å². The monoisotopic (exact) mass is 480 g/mol. The molecule has 1 amide bonds. The minimum atomic E-state index is -4.13. The first kappa shape index (κ1) is 24.0.